The highest BCUT2D eigenvalue weighted by Crippen LogP contribution is 2.68. The van der Waals surface area contributed by atoms with E-state index in [-0.39, 0.29) is 0 Å². The van der Waals surface area contributed by atoms with Crippen molar-refractivity contribution in [1.82, 2.24) is 0 Å². The summed E-state index contributed by atoms with van der Waals surface area (Å²) in [6, 6.07) is 13.9. The molecule has 0 bridgehead atoms. The van der Waals surface area contributed by atoms with Crippen molar-refractivity contribution in [3.63, 3.8) is 0 Å². The van der Waals surface area contributed by atoms with Gasteiger partial charge in [-0.3, -0.25) is 4.52 Å². The van der Waals surface area contributed by atoms with Gasteiger partial charge < -0.3 is 16.8 Å². The van der Waals surface area contributed by atoms with Crippen LogP contribution in [0.15, 0.2) is 48.5 Å². The van der Waals surface area contributed by atoms with Crippen LogP contribution in [0.3, 0.4) is 0 Å². The summed E-state index contributed by atoms with van der Waals surface area (Å²) in [5, 5.41) is 0.383. The van der Waals surface area contributed by atoms with E-state index in [1.165, 1.54) is 0 Å². The van der Waals surface area contributed by atoms with Crippen LogP contribution in [-0.2, 0) is 16.8 Å². The summed E-state index contributed by atoms with van der Waals surface area (Å²) in [6.07, 6.45) is -0.911. The van der Waals surface area contributed by atoms with E-state index in [9.17, 15) is 0 Å². The minimum Gasteiger partial charge on any atom is -0.439 e. The van der Waals surface area contributed by atoms with Gasteiger partial charge >= 0.3 is 7.15 Å². The molecule has 3 rings (SSSR count). The van der Waals surface area contributed by atoms with Gasteiger partial charge in [-0.1, -0.05) is 76.7 Å². The van der Waals surface area contributed by atoms with Crippen molar-refractivity contribution < 1.29 is 13.6 Å². The second kappa shape index (κ2) is 6.68. The van der Waals surface area contributed by atoms with Crippen LogP contribution in [0.25, 0.3) is 0 Å². The van der Waals surface area contributed by atoms with E-state index >= 15 is 0 Å². The van der Waals surface area contributed by atoms with Crippen molar-refractivity contribution in [2.24, 2.45) is 0 Å². The molecule has 122 valence electrons. The average molecular weight is 430 g/mol. The highest BCUT2D eigenvalue weighted by molar-refractivity contribution is 8.36. The number of rotatable bonds is 2. The maximum atomic E-state index is 6.09. The Kier molecular flexibility index (Phi) is 5.16. The Morgan fingerprint density at radius 1 is 1.04 bits per heavy atom. The number of hydrogen-bond acceptors (Lipinski definition) is 4. The van der Waals surface area contributed by atoms with Gasteiger partial charge in [0.15, 0.2) is 17.6 Å². The fraction of sp³-hybridized carbons (Fsp3) is 0.143. The molecule has 0 radical (unpaired) electrons. The smallest absolute Gasteiger partial charge is 0.382 e. The highest BCUT2D eigenvalue weighted by atomic mass is 35.6. The quantitative estimate of drug-likeness (QED) is 0.311. The number of alkyl halides is 3. The lowest BCUT2D eigenvalue weighted by Crippen LogP contribution is -2.27. The van der Waals surface area contributed by atoms with Gasteiger partial charge in [-0.25, -0.2) is 0 Å². The Hall–Kier alpha value is -0.0600. The summed E-state index contributed by atoms with van der Waals surface area (Å²) in [7, 11) is -3.25. The lowest BCUT2D eigenvalue weighted by atomic mass is 10.1. The molecule has 0 aliphatic carbocycles. The molecule has 23 heavy (non-hydrogen) atoms. The van der Waals surface area contributed by atoms with Crippen molar-refractivity contribution in [3.8, 4) is 11.5 Å². The molecule has 3 nitrogen and oxygen atoms in total. The van der Waals surface area contributed by atoms with E-state index in [4.69, 9.17) is 72.2 Å². The van der Waals surface area contributed by atoms with Gasteiger partial charge in [0.25, 0.3) is 0 Å². The highest BCUT2D eigenvalue weighted by Gasteiger charge is 2.51. The Morgan fingerprint density at radius 2 is 1.70 bits per heavy atom. The lowest BCUT2D eigenvalue weighted by Gasteiger charge is -2.37. The first kappa shape index (κ1) is 17.8. The minimum absolute atomic E-state index is 0.347. The van der Waals surface area contributed by atoms with Gasteiger partial charge in [-0.2, -0.15) is 4.52 Å². The molecule has 2 aromatic carbocycles. The third-order valence-electron chi connectivity index (χ3n) is 2.99. The zero-order chi connectivity index (χ0) is 16.7. The van der Waals surface area contributed by atoms with E-state index < -0.39 is 17.0 Å². The van der Waals surface area contributed by atoms with Gasteiger partial charge in [-0.05, 0) is 18.2 Å². The Labute approximate surface area is 159 Å². The third kappa shape index (κ3) is 3.96. The number of fused-ring (bicyclic) bond motifs is 1. The fourth-order valence-corrected chi connectivity index (χ4v) is 5.12. The molecule has 2 atom stereocenters. The van der Waals surface area contributed by atoms with Crippen molar-refractivity contribution in [2.45, 2.75) is 9.90 Å². The normalized spacial score (nSPS) is 23.8. The molecular weight excluding hydrogens is 421 g/mol. The second-order valence-corrected chi connectivity index (χ2v) is 10.2. The number of para-hydroxylation sites is 2. The lowest BCUT2D eigenvalue weighted by molar-refractivity contribution is 0.157. The van der Waals surface area contributed by atoms with Crippen molar-refractivity contribution in [1.29, 1.82) is 0 Å². The zero-order valence-electron chi connectivity index (χ0n) is 11.3. The molecule has 1 aliphatic heterocycles. The molecule has 0 fully saturated rings. The van der Waals surface area contributed by atoms with Gasteiger partial charge in [0.1, 0.15) is 0 Å². The van der Waals surface area contributed by atoms with Crippen molar-refractivity contribution in [2.75, 3.05) is 0 Å². The number of hydrogen-bond donors (Lipinski definition) is 0. The van der Waals surface area contributed by atoms with Crippen LogP contribution in [0.5, 0.6) is 11.5 Å². The Morgan fingerprint density at radius 3 is 2.39 bits per heavy atom. The van der Waals surface area contributed by atoms with Crippen LogP contribution in [0.4, 0.5) is 0 Å². The number of halogens is 4. The van der Waals surface area contributed by atoms with Crippen LogP contribution >= 0.6 is 53.5 Å². The Bertz CT molecular complexity index is 727. The average Bonchev–Trinajstić information content (AvgIpc) is 2.48. The maximum absolute atomic E-state index is 6.09. The van der Waals surface area contributed by atoms with Gasteiger partial charge in [0.05, 0.1) is 5.02 Å². The molecule has 0 saturated heterocycles. The predicted molar refractivity (Wildman–Crippen MR) is 97.6 cm³/mol. The van der Waals surface area contributed by atoms with Crippen molar-refractivity contribution in [3.05, 3.63) is 59.1 Å². The second-order valence-electron chi connectivity index (χ2n) is 4.63. The van der Waals surface area contributed by atoms with Crippen LogP contribution in [0, 0.1) is 0 Å². The molecule has 0 N–H and O–H groups in total. The molecule has 2 aromatic rings. The predicted octanol–water partition coefficient (Wildman–Crippen LogP) is 6.46. The molecule has 0 aromatic heterocycles. The molecule has 0 spiro atoms. The summed E-state index contributed by atoms with van der Waals surface area (Å²) in [5.74, 6) is 0.811. The summed E-state index contributed by atoms with van der Waals surface area (Å²) >= 11 is 29.6. The third-order valence-corrected chi connectivity index (χ3v) is 5.91. The number of benzene rings is 2. The molecule has 2 unspecified atom stereocenters. The molecular formula is C14H9Cl4O3PS. The standard InChI is InChI=1S/C14H9Cl4O3PS/c15-10-6-2-4-8-12(10)20-22(23)19-11-7-3-1-5-9(11)13(21-22)14(16,17)18/h1-8,13H. The fourth-order valence-electron chi connectivity index (χ4n) is 2.02. The molecule has 0 saturated carbocycles. The monoisotopic (exact) mass is 428 g/mol. The van der Waals surface area contributed by atoms with Crippen molar-refractivity contribution >= 4 is 65.8 Å². The van der Waals surface area contributed by atoms with Gasteiger partial charge in [0.2, 0.25) is 3.79 Å². The first-order chi connectivity index (χ1) is 10.8. The van der Waals surface area contributed by atoms with E-state index in [0.29, 0.717) is 22.1 Å². The summed E-state index contributed by atoms with van der Waals surface area (Å²) in [4.78, 5) is 0. The first-order valence-electron chi connectivity index (χ1n) is 6.36. The zero-order valence-corrected chi connectivity index (χ0v) is 16.0. The molecule has 0 amide bonds. The van der Waals surface area contributed by atoms with Gasteiger partial charge in [0, 0.05) is 5.56 Å². The Balaban J connectivity index is 1.97. The molecule has 1 aliphatic rings. The van der Waals surface area contributed by atoms with E-state index in [1.54, 1.807) is 48.5 Å². The van der Waals surface area contributed by atoms with Crippen LogP contribution in [-0.4, -0.2) is 3.79 Å². The molecule has 1 heterocycles. The van der Waals surface area contributed by atoms with E-state index in [2.05, 4.69) is 0 Å². The topological polar surface area (TPSA) is 27.7 Å². The summed E-state index contributed by atoms with van der Waals surface area (Å²) in [6.45, 7) is 0. The largest absolute Gasteiger partial charge is 0.439 e. The van der Waals surface area contributed by atoms with Crippen LogP contribution in [0.1, 0.15) is 11.7 Å². The van der Waals surface area contributed by atoms with Crippen LogP contribution < -0.4 is 9.05 Å². The van der Waals surface area contributed by atoms with E-state index in [1.807, 2.05) is 0 Å². The molecule has 9 heteroatoms. The summed E-state index contributed by atoms with van der Waals surface area (Å²) in [5.41, 5.74) is 0.593. The SMILES string of the molecule is [S-][P+]1(Oc2ccccc2Cl)Oc2ccccc2C(C(Cl)(Cl)Cl)O1. The first-order valence-corrected chi connectivity index (χ1v) is 10.4. The van der Waals surface area contributed by atoms with E-state index in [0.717, 1.165) is 0 Å². The van der Waals surface area contributed by atoms with Gasteiger partial charge in [-0.15, -0.1) is 0 Å². The van der Waals surface area contributed by atoms with Crippen LogP contribution in [0.2, 0.25) is 5.02 Å². The summed E-state index contributed by atoms with van der Waals surface area (Å²) < 4.78 is 15.5. The minimum atomic E-state index is -3.25. The maximum Gasteiger partial charge on any atom is 0.382 e.